The molecule has 0 amide bonds. The Balaban J connectivity index is 1.56. The quantitative estimate of drug-likeness (QED) is 0.252. The molecule has 0 aliphatic carbocycles. The number of carbonyl (C=O) groups excluding carboxylic acids is 1. The van der Waals surface area contributed by atoms with Crippen molar-refractivity contribution < 1.29 is 22.7 Å². The molecule has 0 fully saturated rings. The number of ether oxygens (including phenoxy) is 2. The Morgan fingerprint density at radius 2 is 1.95 bits per heavy atom. The maximum atomic E-state index is 13.8. The van der Waals surface area contributed by atoms with Gasteiger partial charge in [-0.1, -0.05) is 36.4 Å². The van der Waals surface area contributed by atoms with E-state index in [2.05, 4.69) is 15.3 Å². The Morgan fingerprint density at radius 3 is 2.69 bits per heavy atom. The predicted octanol–water partition coefficient (Wildman–Crippen LogP) is 4.91. The van der Waals surface area contributed by atoms with E-state index in [1.807, 2.05) is 62.7 Å². The molecule has 11 heteroatoms. The standard InChI is InChI=1S/C31H37N5O5S/c1-6-24-19-35(42(38,39)28-10-9-15-32-31(28)41-24)18-23-16-22(12-11-20(23)4)26(17-29(37)40-8-3)25-13-14-27-30(21(25)5)33-34-36(27)7-2/h9-16,24,26H,6-8,17-19H2,1-5H3. The molecule has 1 aliphatic rings. The Bertz CT molecular complexity index is 1720. The van der Waals surface area contributed by atoms with Crippen molar-refractivity contribution in [2.75, 3.05) is 13.2 Å². The minimum absolute atomic E-state index is 0.0685. The summed E-state index contributed by atoms with van der Waals surface area (Å²) in [5.41, 5.74) is 6.33. The molecule has 0 saturated carbocycles. The van der Waals surface area contributed by atoms with E-state index in [1.165, 1.54) is 16.6 Å². The topological polar surface area (TPSA) is 117 Å². The summed E-state index contributed by atoms with van der Waals surface area (Å²) in [5, 5.41) is 8.69. The van der Waals surface area contributed by atoms with Crippen molar-refractivity contribution in [1.29, 1.82) is 0 Å². The van der Waals surface area contributed by atoms with Crippen LogP contribution < -0.4 is 4.74 Å². The number of sulfonamides is 1. The number of hydrogen-bond acceptors (Lipinski definition) is 8. The van der Waals surface area contributed by atoms with Crippen LogP contribution in [0.25, 0.3) is 11.0 Å². The fourth-order valence-corrected chi connectivity index (χ4v) is 7.06. The van der Waals surface area contributed by atoms with Gasteiger partial charge in [-0.2, -0.15) is 4.31 Å². The first-order valence-corrected chi connectivity index (χ1v) is 15.8. The minimum atomic E-state index is -3.87. The van der Waals surface area contributed by atoms with Gasteiger partial charge in [0.2, 0.25) is 15.9 Å². The van der Waals surface area contributed by atoms with Crippen molar-refractivity contribution in [3.63, 3.8) is 0 Å². The Morgan fingerprint density at radius 1 is 1.14 bits per heavy atom. The number of aryl methyl sites for hydroxylation is 3. The van der Waals surface area contributed by atoms with Gasteiger partial charge in [-0.05, 0) is 80.1 Å². The molecule has 0 spiro atoms. The molecule has 0 N–H and O–H groups in total. The lowest BCUT2D eigenvalue weighted by Gasteiger charge is -2.25. The molecule has 0 radical (unpaired) electrons. The maximum absolute atomic E-state index is 13.8. The summed E-state index contributed by atoms with van der Waals surface area (Å²) in [6, 6.07) is 13.2. The molecule has 2 aromatic heterocycles. The third-order valence-corrected chi connectivity index (χ3v) is 9.78. The van der Waals surface area contributed by atoms with Crippen molar-refractivity contribution in [3.05, 3.63) is 76.5 Å². The first kappa shape index (κ1) is 29.7. The van der Waals surface area contributed by atoms with Gasteiger partial charge in [0.15, 0.2) is 0 Å². The molecule has 4 aromatic rings. The first-order valence-electron chi connectivity index (χ1n) is 14.4. The van der Waals surface area contributed by atoms with Crippen LogP contribution in [0.5, 0.6) is 5.88 Å². The zero-order chi connectivity index (χ0) is 30.0. The Kier molecular flexibility index (Phi) is 8.60. The van der Waals surface area contributed by atoms with Gasteiger partial charge in [-0.3, -0.25) is 4.79 Å². The molecule has 3 heterocycles. The number of nitrogens with zero attached hydrogens (tertiary/aromatic N) is 5. The monoisotopic (exact) mass is 591 g/mol. The molecule has 0 saturated heterocycles. The second-order valence-electron chi connectivity index (χ2n) is 10.6. The van der Waals surface area contributed by atoms with E-state index in [0.29, 0.717) is 13.0 Å². The molecule has 2 unspecified atom stereocenters. The van der Waals surface area contributed by atoms with Crippen molar-refractivity contribution in [3.8, 4) is 5.88 Å². The highest BCUT2D eigenvalue weighted by Gasteiger charge is 2.35. The largest absolute Gasteiger partial charge is 0.472 e. The van der Waals surface area contributed by atoms with Crippen molar-refractivity contribution in [2.24, 2.45) is 0 Å². The lowest BCUT2D eigenvalue weighted by Crippen LogP contribution is -2.36. The minimum Gasteiger partial charge on any atom is -0.472 e. The van der Waals surface area contributed by atoms with E-state index in [9.17, 15) is 13.2 Å². The van der Waals surface area contributed by atoms with Gasteiger partial charge in [0.1, 0.15) is 16.5 Å². The van der Waals surface area contributed by atoms with Crippen LogP contribution in [0.4, 0.5) is 0 Å². The van der Waals surface area contributed by atoms with Crippen molar-refractivity contribution in [2.45, 2.75) is 77.5 Å². The van der Waals surface area contributed by atoms with E-state index in [-0.39, 0.29) is 54.9 Å². The number of benzene rings is 2. The van der Waals surface area contributed by atoms with Gasteiger partial charge in [0, 0.05) is 25.2 Å². The number of pyridine rings is 1. The van der Waals surface area contributed by atoms with Crippen molar-refractivity contribution >= 4 is 27.0 Å². The summed E-state index contributed by atoms with van der Waals surface area (Å²) >= 11 is 0. The molecular weight excluding hydrogens is 554 g/mol. The van der Waals surface area contributed by atoms with E-state index < -0.39 is 10.0 Å². The molecule has 1 aliphatic heterocycles. The third-order valence-electron chi connectivity index (χ3n) is 7.95. The number of carbonyl (C=O) groups is 1. The molecule has 222 valence electrons. The van der Waals surface area contributed by atoms with Crippen LogP contribution >= 0.6 is 0 Å². The van der Waals surface area contributed by atoms with Crippen LogP contribution in [0, 0.1) is 13.8 Å². The lowest BCUT2D eigenvalue weighted by molar-refractivity contribution is -0.143. The molecule has 2 atom stereocenters. The van der Waals surface area contributed by atoms with Gasteiger partial charge in [-0.15, -0.1) is 5.10 Å². The molecule has 2 aromatic carbocycles. The fraction of sp³-hybridized carbons (Fsp3) is 0.419. The molecular formula is C31H37N5O5S. The summed E-state index contributed by atoms with van der Waals surface area (Å²) in [6.45, 7) is 11.1. The molecule has 42 heavy (non-hydrogen) atoms. The average molecular weight is 592 g/mol. The molecule has 5 rings (SSSR count). The fourth-order valence-electron chi connectivity index (χ4n) is 5.54. The van der Waals surface area contributed by atoms with E-state index in [4.69, 9.17) is 9.47 Å². The first-order chi connectivity index (χ1) is 20.2. The SMILES string of the molecule is CCOC(=O)CC(c1ccc(C)c(CN2CC(CC)Oc3ncccc3S2(=O)=O)c1)c1ccc2c(nnn2CC)c1C. The number of esters is 1. The Labute approximate surface area is 246 Å². The maximum Gasteiger partial charge on any atom is 0.306 e. The number of aromatic nitrogens is 4. The molecule has 10 nitrogen and oxygen atoms in total. The van der Waals surface area contributed by atoms with Crippen LogP contribution in [-0.4, -0.2) is 57.9 Å². The predicted molar refractivity (Wildman–Crippen MR) is 159 cm³/mol. The van der Waals surface area contributed by atoms with Gasteiger partial charge >= 0.3 is 5.97 Å². The van der Waals surface area contributed by atoms with Gasteiger partial charge < -0.3 is 9.47 Å². The van der Waals surface area contributed by atoms with E-state index in [1.54, 1.807) is 13.0 Å². The van der Waals surface area contributed by atoms with Gasteiger partial charge in [-0.25, -0.2) is 18.1 Å². The number of fused-ring (bicyclic) bond motifs is 2. The Hall–Kier alpha value is -3.83. The van der Waals surface area contributed by atoms with Crippen LogP contribution in [0.15, 0.2) is 53.6 Å². The highest BCUT2D eigenvalue weighted by atomic mass is 32.2. The summed E-state index contributed by atoms with van der Waals surface area (Å²) in [7, 11) is -3.87. The number of rotatable bonds is 9. The number of hydrogen-bond donors (Lipinski definition) is 0. The lowest BCUT2D eigenvalue weighted by atomic mass is 9.84. The van der Waals surface area contributed by atoms with Crippen LogP contribution in [0.1, 0.15) is 67.3 Å². The van der Waals surface area contributed by atoms with Crippen molar-refractivity contribution in [1.82, 2.24) is 24.3 Å². The van der Waals surface area contributed by atoms with Crippen LogP contribution in [0.3, 0.4) is 0 Å². The van der Waals surface area contributed by atoms with E-state index >= 15 is 0 Å². The molecule has 0 bridgehead atoms. The van der Waals surface area contributed by atoms with Crippen LogP contribution in [-0.2, 0) is 32.6 Å². The highest BCUT2D eigenvalue weighted by molar-refractivity contribution is 7.89. The zero-order valence-corrected chi connectivity index (χ0v) is 25.5. The summed E-state index contributed by atoms with van der Waals surface area (Å²) in [4.78, 5) is 17.1. The van der Waals surface area contributed by atoms with Crippen LogP contribution in [0.2, 0.25) is 0 Å². The zero-order valence-electron chi connectivity index (χ0n) is 24.7. The summed E-state index contributed by atoms with van der Waals surface area (Å²) in [6.07, 6.45) is 1.97. The summed E-state index contributed by atoms with van der Waals surface area (Å²) in [5.74, 6) is -0.488. The summed E-state index contributed by atoms with van der Waals surface area (Å²) < 4.78 is 42.2. The second-order valence-corrected chi connectivity index (χ2v) is 12.5. The smallest absolute Gasteiger partial charge is 0.306 e. The van der Waals surface area contributed by atoms with E-state index in [0.717, 1.165) is 38.9 Å². The average Bonchev–Trinajstić information content (AvgIpc) is 3.37. The van der Waals surface area contributed by atoms with Gasteiger partial charge in [0.05, 0.1) is 25.1 Å². The third kappa shape index (κ3) is 5.63. The second kappa shape index (κ2) is 12.2. The normalized spacial score (nSPS) is 17.3. The highest BCUT2D eigenvalue weighted by Crippen LogP contribution is 2.36. The van der Waals surface area contributed by atoms with Gasteiger partial charge in [0.25, 0.3) is 0 Å².